The van der Waals surface area contributed by atoms with E-state index in [0.29, 0.717) is 12.1 Å². The molecule has 0 saturated heterocycles. The molecule has 3 nitrogen and oxygen atoms in total. The predicted molar refractivity (Wildman–Crippen MR) is 92.8 cm³/mol. The van der Waals surface area contributed by atoms with Crippen molar-refractivity contribution in [3.8, 4) is 5.75 Å². The van der Waals surface area contributed by atoms with Gasteiger partial charge in [-0.1, -0.05) is 18.2 Å². The van der Waals surface area contributed by atoms with Gasteiger partial charge in [0.05, 0.1) is 7.11 Å². The second kappa shape index (κ2) is 8.02. The van der Waals surface area contributed by atoms with Crippen LogP contribution in [0.25, 0.3) is 0 Å². The van der Waals surface area contributed by atoms with Gasteiger partial charge in [-0.25, -0.2) is 0 Å². The molecule has 0 aliphatic rings. The van der Waals surface area contributed by atoms with Crippen molar-refractivity contribution in [1.82, 2.24) is 5.32 Å². The molecule has 2 rings (SSSR count). The number of hydrogen-bond acceptors (Lipinski definition) is 2. The molecule has 0 radical (unpaired) electrons. The normalized spacial score (nSPS) is 10.2. The number of aryl methyl sites for hydroxylation is 1. The molecule has 2 aromatic rings. The molecule has 0 fully saturated rings. The zero-order valence-electron chi connectivity index (χ0n) is 11.9. The van der Waals surface area contributed by atoms with E-state index in [0.717, 1.165) is 22.2 Å². The van der Waals surface area contributed by atoms with Crippen LogP contribution >= 0.6 is 22.6 Å². The van der Waals surface area contributed by atoms with Crippen molar-refractivity contribution in [2.75, 3.05) is 13.7 Å². The Hall–Kier alpha value is -1.56. The number of rotatable bonds is 6. The third-order valence-electron chi connectivity index (χ3n) is 3.21. The number of carbonyl (C=O) groups excluding carboxylic acids is 1. The molecule has 0 unspecified atom stereocenters. The lowest BCUT2D eigenvalue weighted by Gasteiger charge is -2.09. The highest BCUT2D eigenvalue weighted by Gasteiger charge is 2.05. The minimum absolute atomic E-state index is 0.0218. The van der Waals surface area contributed by atoms with Gasteiger partial charge in [0.15, 0.2) is 0 Å². The Balaban J connectivity index is 1.79. The number of benzene rings is 2. The van der Waals surface area contributed by atoms with E-state index in [9.17, 15) is 4.79 Å². The van der Waals surface area contributed by atoms with Crippen molar-refractivity contribution in [1.29, 1.82) is 0 Å². The average molecular weight is 395 g/mol. The summed E-state index contributed by atoms with van der Waals surface area (Å²) in [6, 6.07) is 15.5. The first-order chi connectivity index (χ1) is 10.2. The summed E-state index contributed by atoms with van der Waals surface area (Å²) in [5.74, 6) is 0.882. The van der Waals surface area contributed by atoms with Crippen molar-refractivity contribution in [3.63, 3.8) is 0 Å². The second-order valence-corrected chi connectivity index (χ2v) is 5.92. The van der Waals surface area contributed by atoms with E-state index < -0.39 is 0 Å². The van der Waals surface area contributed by atoms with Gasteiger partial charge in [-0.3, -0.25) is 4.79 Å². The van der Waals surface area contributed by atoms with Crippen LogP contribution in [-0.2, 0) is 6.42 Å². The number of halogens is 1. The topological polar surface area (TPSA) is 38.3 Å². The largest absolute Gasteiger partial charge is 0.496 e. The van der Waals surface area contributed by atoms with Gasteiger partial charge in [-0.15, -0.1) is 0 Å². The quantitative estimate of drug-likeness (QED) is 0.599. The summed E-state index contributed by atoms with van der Waals surface area (Å²) in [5, 5.41) is 2.94. The first-order valence-electron chi connectivity index (χ1n) is 6.86. The Morgan fingerprint density at radius 3 is 2.57 bits per heavy atom. The SMILES string of the molecule is COc1ccccc1CCCNC(=O)c1ccc(I)cc1. The number of amides is 1. The van der Waals surface area contributed by atoms with Crippen LogP contribution in [-0.4, -0.2) is 19.6 Å². The lowest BCUT2D eigenvalue weighted by atomic mass is 10.1. The second-order valence-electron chi connectivity index (χ2n) is 4.68. The molecule has 0 saturated carbocycles. The Kier molecular flexibility index (Phi) is 6.04. The molecule has 1 N–H and O–H groups in total. The molecule has 0 aliphatic carbocycles. The molecule has 0 aliphatic heterocycles. The van der Waals surface area contributed by atoms with Gasteiger partial charge >= 0.3 is 0 Å². The van der Waals surface area contributed by atoms with Crippen LogP contribution in [0, 0.1) is 3.57 Å². The molecule has 0 bridgehead atoms. The van der Waals surface area contributed by atoms with E-state index in [1.165, 1.54) is 5.56 Å². The highest BCUT2D eigenvalue weighted by molar-refractivity contribution is 14.1. The van der Waals surface area contributed by atoms with Crippen LogP contribution < -0.4 is 10.1 Å². The molecule has 110 valence electrons. The van der Waals surface area contributed by atoms with Crippen LogP contribution in [0.5, 0.6) is 5.75 Å². The summed E-state index contributed by atoms with van der Waals surface area (Å²) in [5.41, 5.74) is 1.87. The van der Waals surface area contributed by atoms with Crippen LogP contribution in [0.3, 0.4) is 0 Å². The molecule has 1 amide bonds. The number of methoxy groups -OCH3 is 1. The van der Waals surface area contributed by atoms with E-state index in [-0.39, 0.29) is 5.91 Å². The lowest BCUT2D eigenvalue weighted by molar-refractivity contribution is 0.0953. The van der Waals surface area contributed by atoms with Crippen molar-refractivity contribution in [2.45, 2.75) is 12.8 Å². The molecule has 0 atom stereocenters. The minimum atomic E-state index is -0.0218. The van der Waals surface area contributed by atoms with E-state index in [4.69, 9.17) is 4.74 Å². The minimum Gasteiger partial charge on any atom is -0.496 e. The Morgan fingerprint density at radius 2 is 1.86 bits per heavy atom. The fourth-order valence-electron chi connectivity index (χ4n) is 2.09. The van der Waals surface area contributed by atoms with E-state index in [1.54, 1.807) is 7.11 Å². The van der Waals surface area contributed by atoms with Crippen molar-refractivity contribution in [2.24, 2.45) is 0 Å². The van der Waals surface area contributed by atoms with Crippen LogP contribution in [0.1, 0.15) is 22.3 Å². The first kappa shape index (κ1) is 15.8. The molecule has 0 heterocycles. The summed E-state index contributed by atoms with van der Waals surface area (Å²) in [6.07, 6.45) is 1.77. The molecule has 2 aromatic carbocycles. The zero-order chi connectivity index (χ0) is 15.1. The standard InChI is InChI=1S/C17H18INO2/c1-21-16-7-3-2-5-13(16)6-4-12-19-17(20)14-8-10-15(18)11-9-14/h2-3,5,7-11H,4,6,12H2,1H3,(H,19,20). The van der Waals surface area contributed by atoms with Crippen LogP contribution in [0.2, 0.25) is 0 Å². The predicted octanol–water partition coefficient (Wildman–Crippen LogP) is 3.66. The highest BCUT2D eigenvalue weighted by atomic mass is 127. The summed E-state index contributed by atoms with van der Waals surface area (Å²) in [7, 11) is 1.68. The van der Waals surface area contributed by atoms with E-state index in [2.05, 4.69) is 34.0 Å². The third kappa shape index (κ3) is 4.74. The number of para-hydroxylation sites is 1. The summed E-state index contributed by atoms with van der Waals surface area (Å²) in [6.45, 7) is 0.656. The monoisotopic (exact) mass is 395 g/mol. The fourth-order valence-corrected chi connectivity index (χ4v) is 2.45. The van der Waals surface area contributed by atoms with Gasteiger partial charge in [0.1, 0.15) is 5.75 Å². The molecule has 0 spiro atoms. The van der Waals surface area contributed by atoms with Crippen molar-refractivity contribution < 1.29 is 9.53 Å². The van der Waals surface area contributed by atoms with Gasteiger partial charge in [-0.2, -0.15) is 0 Å². The average Bonchev–Trinajstić information content (AvgIpc) is 2.52. The summed E-state index contributed by atoms with van der Waals surface area (Å²) >= 11 is 2.22. The summed E-state index contributed by atoms with van der Waals surface area (Å²) < 4.78 is 6.44. The first-order valence-corrected chi connectivity index (χ1v) is 7.94. The van der Waals surface area contributed by atoms with Crippen LogP contribution in [0.4, 0.5) is 0 Å². The van der Waals surface area contributed by atoms with E-state index in [1.807, 2.05) is 42.5 Å². The molecule has 4 heteroatoms. The van der Waals surface area contributed by atoms with Crippen LogP contribution in [0.15, 0.2) is 48.5 Å². The third-order valence-corrected chi connectivity index (χ3v) is 3.93. The smallest absolute Gasteiger partial charge is 0.251 e. The number of carbonyl (C=O) groups is 1. The fraction of sp³-hybridized carbons (Fsp3) is 0.235. The zero-order valence-corrected chi connectivity index (χ0v) is 14.1. The maximum absolute atomic E-state index is 12.0. The summed E-state index contributed by atoms with van der Waals surface area (Å²) in [4.78, 5) is 12.0. The van der Waals surface area contributed by atoms with Gasteiger partial charge in [0.25, 0.3) is 5.91 Å². The maximum atomic E-state index is 12.0. The lowest BCUT2D eigenvalue weighted by Crippen LogP contribution is -2.24. The van der Waals surface area contributed by atoms with Gasteiger partial charge < -0.3 is 10.1 Å². The highest BCUT2D eigenvalue weighted by Crippen LogP contribution is 2.18. The Bertz CT molecular complexity index is 596. The molecular formula is C17H18INO2. The maximum Gasteiger partial charge on any atom is 0.251 e. The number of ether oxygens (including phenoxy) is 1. The number of nitrogens with one attached hydrogen (secondary N) is 1. The van der Waals surface area contributed by atoms with E-state index >= 15 is 0 Å². The number of hydrogen-bond donors (Lipinski definition) is 1. The Labute approximate surface area is 138 Å². The van der Waals surface area contributed by atoms with Crippen molar-refractivity contribution >= 4 is 28.5 Å². The molecular weight excluding hydrogens is 377 g/mol. The van der Waals surface area contributed by atoms with Crippen molar-refractivity contribution in [3.05, 3.63) is 63.2 Å². The van der Waals surface area contributed by atoms with Gasteiger partial charge in [0.2, 0.25) is 0 Å². The molecule has 0 aromatic heterocycles. The van der Waals surface area contributed by atoms with Gasteiger partial charge in [-0.05, 0) is 71.3 Å². The van der Waals surface area contributed by atoms with Gasteiger partial charge in [0, 0.05) is 15.7 Å². The molecule has 21 heavy (non-hydrogen) atoms. The Morgan fingerprint density at radius 1 is 1.14 bits per heavy atom.